The topological polar surface area (TPSA) is 107 Å². The molecule has 0 aliphatic carbocycles. The van der Waals surface area contributed by atoms with Gasteiger partial charge in [-0.25, -0.2) is 9.78 Å². The van der Waals surface area contributed by atoms with Crippen molar-refractivity contribution in [3.63, 3.8) is 0 Å². The summed E-state index contributed by atoms with van der Waals surface area (Å²) in [5.41, 5.74) is -0.462. The van der Waals surface area contributed by atoms with Crippen LogP contribution in [0, 0.1) is 0 Å². The molecular formula is C22H23NO6. The van der Waals surface area contributed by atoms with E-state index in [4.69, 9.17) is 9.15 Å². The van der Waals surface area contributed by atoms with Crippen LogP contribution in [0.4, 0.5) is 0 Å². The number of fused-ring (bicyclic) bond motifs is 2. The molecule has 1 unspecified atom stereocenters. The number of aromatic nitrogens is 1. The molecule has 0 amide bonds. The molecule has 3 aromatic rings. The van der Waals surface area contributed by atoms with Gasteiger partial charge < -0.3 is 14.3 Å². The van der Waals surface area contributed by atoms with Crippen LogP contribution in [-0.4, -0.2) is 28.6 Å². The molecule has 29 heavy (non-hydrogen) atoms. The monoisotopic (exact) mass is 397 g/mol. The van der Waals surface area contributed by atoms with Gasteiger partial charge in [-0.3, -0.25) is 9.59 Å². The maximum atomic E-state index is 13.1. The molecule has 0 fully saturated rings. The molecule has 0 spiro atoms. The maximum Gasteiger partial charge on any atom is 0.340 e. The van der Waals surface area contributed by atoms with Crippen molar-refractivity contribution in [2.75, 3.05) is 6.61 Å². The summed E-state index contributed by atoms with van der Waals surface area (Å²) < 4.78 is 10.9. The normalized spacial score (nSPS) is 13.4. The van der Waals surface area contributed by atoms with Gasteiger partial charge in [0.05, 0.1) is 28.6 Å². The summed E-state index contributed by atoms with van der Waals surface area (Å²) in [6, 6.07) is 6.66. The van der Waals surface area contributed by atoms with Crippen molar-refractivity contribution in [2.24, 2.45) is 0 Å². The number of carbonyl (C=O) groups is 2. The highest BCUT2D eigenvalue weighted by Gasteiger charge is 2.39. The third-order valence-corrected chi connectivity index (χ3v) is 5.33. The number of rotatable bonds is 6. The molecule has 2 aromatic heterocycles. The second kappa shape index (κ2) is 7.66. The Balaban J connectivity index is 2.43. The fraction of sp³-hybridized carbons (Fsp3) is 0.364. The quantitative estimate of drug-likeness (QED) is 0.497. The molecule has 2 heterocycles. The van der Waals surface area contributed by atoms with Gasteiger partial charge in [-0.2, -0.15) is 0 Å². The van der Waals surface area contributed by atoms with E-state index in [0.717, 1.165) is 12.0 Å². The summed E-state index contributed by atoms with van der Waals surface area (Å²) in [4.78, 5) is 42.0. The third-order valence-electron chi connectivity index (χ3n) is 5.33. The molecule has 7 nitrogen and oxygen atoms in total. The lowest BCUT2D eigenvalue weighted by molar-refractivity contribution is -0.143. The number of carboxylic acids is 1. The van der Waals surface area contributed by atoms with E-state index in [1.165, 1.54) is 13.0 Å². The standard InChI is InChI=1S/C22H23NO6/c1-5-12-8-9-16-13(10-12)17(24)14-11-15(20(25)28-7-3)18(23-19(14)29-16)22(4,6-2)21(26)27/h8-11H,5-7H2,1-4H3,(H,26,27). The van der Waals surface area contributed by atoms with Crippen LogP contribution in [0.3, 0.4) is 0 Å². The van der Waals surface area contributed by atoms with Crippen LogP contribution in [0.2, 0.25) is 0 Å². The first kappa shape index (κ1) is 20.5. The van der Waals surface area contributed by atoms with E-state index >= 15 is 0 Å². The maximum absolute atomic E-state index is 13.1. The summed E-state index contributed by atoms with van der Waals surface area (Å²) in [5, 5.41) is 10.3. The number of aliphatic carboxylic acids is 1. The zero-order valence-corrected chi connectivity index (χ0v) is 16.9. The average molecular weight is 397 g/mol. The van der Waals surface area contributed by atoms with Crippen molar-refractivity contribution in [3.8, 4) is 0 Å². The van der Waals surface area contributed by atoms with Crippen molar-refractivity contribution in [2.45, 2.75) is 46.0 Å². The molecule has 0 saturated heterocycles. The van der Waals surface area contributed by atoms with E-state index < -0.39 is 17.4 Å². The minimum atomic E-state index is -1.45. The zero-order valence-electron chi connectivity index (χ0n) is 16.9. The molecule has 0 aliphatic heterocycles. The van der Waals surface area contributed by atoms with Crippen LogP contribution >= 0.6 is 0 Å². The predicted octanol–water partition coefficient (Wildman–Crippen LogP) is 3.83. The molecule has 0 bridgehead atoms. The number of aryl methyl sites for hydroxylation is 1. The summed E-state index contributed by atoms with van der Waals surface area (Å²) in [6.45, 7) is 6.92. The second-order valence-electron chi connectivity index (χ2n) is 7.06. The third kappa shape index (κ3) is 3.37. The number of hydrogen-bond acceptors (Lipinski definition) is 6. The van der Waals surface area contributed by atoms with E-state index in [2.05, 4.69) is 4.98 Å². The van der Waals surface area contributed by atoms with Gasteiger partial charge in [0.15, 0.2) is 0 Å². The lowest BCUT2D eigenvalue weighted by atomic mass is 9.81. The Labute approximate surface area is 167 Å². The SMILES string of the molecule is CCOC(=O)c1cc2c(=O)c3cc(CC)ccc3oc2nc1C(C)(CC)C(=O)O. The molecule has 1 atom stereocenters. The molecule has 1 aromatic carbocycles. The van der Waals surface area contributed by atoms with Gasteiger partial charge in [0.25, 0.3) is 0 Å². The van der Waals surface area contributed by atoms with Gasteiger partial charge in [-0.15, -0.1) is 0 Å². The van der Waals surface area contributed by atoms with Gasteiger partial charge in [-0.1, -0.05) is 19.9 Å². The Kier molecular flexibility index (Phi) is 5.42. The van der Waals surface area contributed by atoms with Crippen molar-refractivity contribution < 1.29 is 23.8 Å². The van der Waals surface area contributed by atoms with Crippen LogP contribution in [-0.2, 0) is 21.4 Å². The van der Waals surface area contributed by atoms with Crippen LogP contribution in [0.25, 0.3) is 22.1 Å². The lowest BCUT2D eigenvalue weighted by Gasteiger charge is -2.24. The Bertz CT molecular complexity index is 1180. The summed E-state index contributed by atoms with van der Waals surface area (Å²) >= 11 is 0. The Morgan fingerprint density at radius 2 is 1.90 bits per heavy atom. The minimum absolute atomic E-state index is 0.00396. The Hall–Kier alpha value is -3.22. The zero-order chi connectivity index (χ0) is 21.3. The number of benzene rings is 1. The van der Waals surface area contributed by atoms with Crippen LogP contribution < -0.4 is 5.43 Å². The molecule has 152 valence electrons. The van der Waals surface area contributed by atoms with E-state index in [-0.39, 0.29) is 40.8 Å². The largest absolute Gasteiger partial charge is 0.481 e. The highest BCUT2D eigenvalue weighted by Crippen LogP contribution is 2.32. The molecule has 3 rings (SSSR count). The number of hydrogen-bond donors (Lipinski definition) is 1. The first-order valence-electron chi connectivity index (χ1n) is 9.58. The predicted molar refractivity (Wildman–Crippen MR) is 108 cm³/mol. The summed E-state index contributed by atoms with van der Waals surface area (Å²) in [5.74, 6) is -1.85. The van der Waals surface area contributed by atoms with Gasteiger partial charge in [0.2, 0.25) is 11.1 Å². The fourth-order valence-corrected chi connectivity index (χ4v) is 3.25. The van der Waals surface area contributed by atoms with Crippen molar-refractivity contribution in [1.29, 1.82) is 0 Å². The second-order valence-corrected chi connectivity index (χ2v) is 7.06. The van der Waals surface area contributed by atoms with Gasteiger partial charge in [0, 0.05) is 0 Å². The molecule has 0 saturated carbocycles. The van der Waals surface area contributed by atoms with Gasteiger partial charge in [0.1, 0.15) is 11.0 Å². The van der Waals surface area contributed by atoms with Crippen LogP contribution in [0.5, 0.6) is 0 Å². The van der Waals surface area contributed by atoms with Gasteiger partial charge in [-0.05, 0) is 50.5 Å². The van der Waals surface area contributed by atoms with E-state index in [0.29, 0.717) is 11.0 Å². The van der Waals surface area contributed by atoms with Gasteiger partial charge >= 0.3 is 11.9 Å². The summed E-state index contributed by atoms with van der Waals surface area (Å²) in [7, 11) is 0. The first-order chi connectivity index (χ1) is 13.8. The Morgan fingerprint density at radius 1 is 1.17 bits per heavy atom. The molecular weight excluding hydrogens is 374 g/mol. The Morgan fingerprint density at radius 3 is 2.48 bits per heavy atom. The van der Waals surface area contributed by atoms with Crippen LogP contribution in [0.15, 0.2) is 33.5 Å². The fourth-order valence-electron chi connectivity index (χ4n) is 3.25. The van der Waals surface area contributed by atoms with E-state index in [1.807, 2.05) is 13.0 Å². The molecule has 7 heteroatoms. The van der Waals surface area contributed by atoms with Crippen LogP contribution in [0.1, 0.15) is 55.7 Å². The van der Waals surface area contributed by atoms with Crippen molar-refractivity contribution >= 4 is 34.0 Å². The smallest absolute Gasteiger partial charge is 0.340 e. The van der Waals surface area contributed by atoms with Crippen molar-refractivity contribution in [1.82, 2.24) is 4.98 Å². The van der Waals surface area contributed by atoms with E-state index in [9.17, 15) is 19.5 Å². The van der Waals surface area contributed by atoms with Crippen molar-refractivity contribution in [3.05, 3.63) is 51.3 Å². The molecule has 0 radical (unpaired) electrons. The number of ether oxygens (including phenoxy) is 1. The highest BCUT2D eigenvalue weighted by molar-refractivity contribution is 5.98. The number of carbonyl (C=O) groups excluding carboxylic acids is 1. The molecule has 1 N–H and O–H groups in total. The summed E-state index contributed by atoms with van der Waals surface area (Å²) in [6.07, 6.45) is 0.942. The lowest BCUT2D eigenvalue weighted by Crippen LogP contribution is -2.35. The molecule has 0 aliphatic rings. The number of nitrogens with zero attached hydrogens (tertiary/aromatic N) is 1. The highest BCUT2D eigenvalue weighted by atomic mass is 16.5. The number of carboxylic acid groups (broad SMARTS) is 1. The van der Waals surface area contributed by atoms with E-state index in [1.54, 1.807) is 26.0 Å². The number of esters is 1. The first-order valence-corrected chi connectivity index (χ1v) is 9.58. The number of pyridine rings is 1. The average Bonchev–Trinajstić information content (AvgIpc) is 2.72. The minimum Gasteiger partial charge on any atom is -0.481 e.